The first kappa shape index (κ1) is 86.8. The van der Waals surface area contributed by atoms with E-state index in [-0.39, 0.29) is 100 Å². The molecular formula is C77H106N14O18. The van der Waals surface area contributed by atoms with Crippen molar-refractivity contribution in [2.45, 2.75) is 198 Å². The third-order valence-corrected chi connectivity index (χ3v) is 18.7. The topological polar surface area (TPSA) is 524 Å². The van der Waals surface area contributed by atoms with E-state index in [9.17, 15) is 78.6 Å². The molecule has 10 amide bonds. The molecule has 11 atom stereocenters. The summed E-state index contributed by atoms with van der Waals surface area (Å²) in [5.41, 5.74) is 8.41. The summed E-state index contributed by atoms with van der Waals surface area (Å²) in [6.45, 7) is 6.43. The number of aliphatic hydroxyl groups is 2. The van der Waals surface area contributed by atoms with E-state index in [0.29, 0.717) is 33.2 Å². The van der Waals surface area contributed by atoms with Crippen molar-refractivity contribution >= 4 is 87.9 Å². The minimum Gasteiger partial charge on any atom is -0.508 e. The number of aryl methyl sites for hydroxylation is 1. The van der Waals surface area contributed by atoms with E-state index in [0.717, 1.165) is 32.1 Å². The standard InChI is InChI=1S/C77H106N14O18/c1-43(2)33-57(69(101)87-61(38-49-24-29-52(95)30-25-49)72(104)86-58(34-44(3)4)70(102)89-62(74(106)91-64(42-93)76(108)109)39-50-40-81-54-20-13-12-19-53(50)54)85-68(100)56(31-26-46-22-27-51(94)28-23-46)83-67(99)55(21-14-32-80-77(78)79)82-75(107)63(41-92)90-73(105)60(37-48-17-10-7-11-18-48)88-71(103)59(36-47-15-8-6-9-16-47)84-66(98)45(5)35-65(96)97/h7,10-13,17-20,22-25,27-30,40,43-45,47,55-64,81,92-95H,6,8-9,14-16,21,26,31-39,41-42H2,1-5H3,(H,82,107)(H,83,99)(H,84,98)(H,85,100)(H,86,104)(H,87,101)(H,88,103)(H,89,102)(H,90,105)(H,91,106)(H,96,97)(H,108,109)(H4,78,79,80)/t45-,55?,56-,57-,58-,59-,60-,61-,62-,63+,64-/m0/s1. The molecule has 1 heterocycles. The molecule has 109 heavy (non-hydrogen) atoms. The first-order chi connectivity index (χ1) is 51.9. The Bertz CT molecular complexity index is 3890. The number of aromatic hydroxyl groups is 2. The molecule has 32 heteroatoms. The molecule has 32 nitrogen and oxygen atoms in total. The highest BCUT2D eigenvalue weighted by Crippen LogP contribution is 2.28. The number of hydrogen-bond acceptors (Lipinski definition) is 17. The van der Waals surface area contributed by atoms with Gasteiger partial charge >= 0.3 is 11.9 Å². The van der Waals surface area contributed by atoms with Crippen LogP contribution in [0.1, 0.15) is 134 Å². The number of carboxylic acid groups (broad SMARTS) is 2. The van der Waals surface area contributed by atoms with Crippen LogP contribution in [0.3, 0.4) is 0 Å². The van der Waals surface area contributed by atoms with Crippen molar-refractivity contribution in [3.05, 3.63) is 132 Å². The third-order valence-electron chi connectivity index (χ3n) is 18.7. The lowest BCUT2D eigenvalue weighted by Gasteiger charge is -2.29. The van der Waals surface area contributed by atoms with E-state index in [1.54, 1.807) is 101 Å². The second-order valence-electron chi connectivity index (χ2n) is 28.6. The highest BCUT2D eigenvalue weighted by molar-refractivity contribution is 5.99. The molecule has 1 unspecified atom stereocenters. The zero-order valence-corrected chi connectivity index (χ0v) is 62.1. The monoisotopic (exact) mass is 1510 g/mol. The lowest BCUT2D eigenvalue weighted by atomic mass is 9.84. The fourth-order valence-corrected chi connectivity index (χ4v) is 12.8. The van der Waals surface area contributed by atoms with Crippen LogP contribution in [0.2, 0.25) is 0 Å². The van der Waals surface area contributed by atoms with Crippen molar-refractivity contribution in [2.24, 2.45) is 29.4 Å². The van der Waals surface area contributed by atoms with Gasteiger partial charge in [-0.3, -0.25) is 58.1 Å². The quantitative estimate of drug-likeness (QED) is 0.0150. The predicted octanol–water partition coefficient (Wildman–Crippen LogP) is 1.59. The number of guanidine groups is 1. The lowest BCUT2D eigenvalue weighted by molar-refractivity contribution is -0.143. The number of carbonyl (C=O) groups is 12. The van der Waals surface area contributed by atoms with Crippen LogP contribution in [0, 0.1) is 29.1 Å². The van der Waals surface area contributed by atoms with Crippen LogP contribution < -0.4 is 64.2 Å². The number of aliphatic carboxylic acids is 2. The number of aromatic amines is 1. The van der Waals surface area contributed by atoms with Crippen molar-refractivity contribution in [3.8, 4) is 11.5 Å². The van der Waals surface area contributed by atoms with E-state index in [1.807, 2.05) is 0 Å². The van der Waals surface area contributed by atoms with Crippen molar-refractivity contribution in [2.75, 3.05) is 19.8 Å². The number of carboxylic acids is 2. The second-order valence-corrected chi connectivity index (χ2v) is 28.6. The smallest absolute Gasteiger partial charge is 0.328 e. The lowest BCUT2D eigenvalue weighted by Crippen LogP contribution is -2.61. The molecule has 6 rings (SSSR count). The van der Waals surface area contributed by atoms with Gasteiger partial charge in [0.1, 0.15) is 71.9 Å². The van der Waals surface area contributed by atoms with Gasteiger partial charge in [0.15, 0.2) is 5.96 Å². The van der Waals surface area contributed by atoms with Gasteiger partial charge in [-0.15, -0.1) is 0 Å². The van der Waals surface area contributed by atoms with E-state index in [1.165, 1.54) is 43.3 Å². The fourth-order valence-electron chi connectivity index (χ4n) is 12.8. The number of fused-ring (bicyclic) bond motifs is 1. The highest BCUT2D eigenvalue weighted by Gasteiger charge is 2.38. The maximum Gasteiger partial charge on any atom is 0.328 e. The summed E-state index contributed by atoms with van der Waals surface area (Å²) < 4.78 is 0. The molecule has 1 saturated carbocycles. The Morgan fingerprint density at radius 1 is 0.468 bits per heavy atom. The number of carbonyl (C=O) groups excluding carboxylic acids is 10. The van der Waals surface area contributed by atoms with Crippen LogP contribution in [0.5, 0.6) is 11.5 Å². The van der Waals surface area contributed by atoms with Gasteiger partial charge in [0.25, 0.3) is 0 Å². The Morgan fingerprint density at radius 2 is 0.881 bits per heavy atom. The molecule has 1 fully saturated rings. The first-order valence-corrected chi connectivity index (χ1v) is 36.8. The van der Waals surface area contributed by atoms with Crippen LogP contribution in [-0.2, 0) is 83.2 Å². The Kier molecular flexibility index (Phi) is 34.7. The second kappa shape index (κ2) is 43.6. The minimum atomic E-state index is -1.80. The number of aliphatic hydroxyl groups excluding tert-OH is 2. The molecule has 1 aliphatic carbocycles. The summed E-state index contributed by atoms with van der Waals surface area (Å²) in [7, 11) is 0. The number of hydrogen-bond donors (Lipinski definition) is 20. The molecule has 0 radical (unpaired) electrons. The molecule has 0 aliphatic heterocycles. The van der Waals surface area contributed by atoms with Crippen molar-refractivity contribution in [1.82, 2.24) is 63.5 Å². The zero-order valence-electron chi connectivity index (χ0n) is 62.1. The van der Waals surface area contributed by atoms with Crippen molar-refractivity contribution in [1.29, 1.82) is 5.41 Å². The van der Waals surface area contributed by atoms with Crippen LogP contribution >= 0.6 is 0 Å². The number of H-pyrrole nitrogens is 1. The Hall–Kier alpha value is -11.2. The van der Waals surface area contributed by atoms with Gasteiger partial charge in [-0.2, -0.15) is 0 Å². The van der Waals surface area contributed by atoms with Gasteiger partial charge in [0.2, 0.25) is 59.1 Å². The van der Waals surface area contributed by atoms with E-state index in [4.69, 9.17) is 11.1 Å². The number of rotatable bonds is 44. The van der Waals surface area contributed by atoms with Gasteiger partial charge in [-0.1, -0.05) is 140 Å². The van der Waals surface area contributed by atoms with Gasteiger partial charge in [-0.25, -0.2) is 4.79 Å². The summed E-state index contributed by atoms with van der Waals surface area (Å²) in [6.07, 6.45) is 4.63. The first-order valence-electron chi connectivity index (χ1n) is 36.8. The fraction of sp³-hybridized carbons (Fsp3) is 0.494. The van der Waals surface area contributed by atoms with Gasteiger partial charge < -0.3 is 99.8 Å². The van der Waals surface area contributed by atoms with E-state index >= 15 is 9.59 Å². The summed E-state index contributed by atoms with van der Waals surface area (Å²) >= 11 is 0. The Labute approximate surface area is 632 Å². The van der Waals surface area contributed by atoms with Crippen LogP contribution in [0.15, 0.2) is 109 Å². The molecule has 21 N–H and O–H groups in total. The summed E-state index contributed by atoms with van der Waals surface area (Å²) in [6, 6.07) is 12.1. The molecule has 1 aliphatic rings. The molecule has 592 valence electrons. The van der Waals surface area contributed by atoms with Gasteiger partial charge in [-0.05, 0) is 115 Å². The normalized spacial score (nSPS) is 15.3. The SMILES string of the molecule is CC(C)C[C@H](NC(=O)[C@H](CCc1ccc(O)cc1)NC(=O)C(CCCNC(=N)N)NC(=O)[C@@H](CO)NC(=O)[C@H](Cc1ccccc1)NC(=O)[C@H](CC1CCCCC1)NC(=O)[C@@H](C)CC(=O)O)C(=O)N[C@@H](Cc1ccc(O)cc1)C(=O)N[C@@H](CC(C)C)C(=O)N[C@@H](Cc1c[nH]c2ccccc12)C(=O)N[C@@H](CO)C(=O)O. The molecule has 0 bridgehead atoms. The van der Waals surface area contributed by atoms with Crippen molar-refractivity contribution < 1.29 is 88.2 Å². The van der Waals surface area contributed by atoms with Gasteiger partial charge in [0, 0.05) is 48.8 Å². The summed E-state index contributed by atoms with van der Waals surface area (Å²) in [4.78, 5) is 172. The number of para-hydroxylation sites is 1. The van der Waals surface area contributed by atoms with Crippen LogP contribution in [0.4, 0.5) is 0 Å². The highest BCUT2D eigenvalue weighted by atomic mass is 16.4. The number of nitrogens with two attached hydrogens (primary N) is 1. The third kappa shape index (κ3) is 29.2. The minimum absolute atomic E-state index is 0.000872. The Morgan fingerprint density at radius 3 is 1.39 bits per heavy atom. The average Bonchev–Trinajstić information content (AvgIpc) is 1.68. The molecule has 4 aromatic carbocycles. The number of phenolic OH excluding ortho intramolecular Hbond substituents is 2. The average molecular weight is 1520 g/mol. The van der Waals surface area contributed by atoms with Crippen LogP contribution in [-0.4, -0.2) is 193 Å². The molecule has 1 aromatic heterocycles. The number of phenols is 2. The number of aromatic nitrogens is 1. The van der Waals surface area contributed by atoms with Crippen molar-refractivity contribution in [3.63, 3.8) is 0 Å². The van der Waals surface area contributed by atoms with E-state index in [2.05, 4.69) is 63.5 Å². The molecular weight excluding hydrogens is 1410 g/mol. The number of amides is 10. The molecule has 0 saturated heterocycles. The van der Waals surface area contributed by atoms with Crippen LogP contribution in [0.25, 0.3) is 10.9 Å². The van der Waals surface area contributed by atoms with E-state index < -0.39 is 163 Å². The molecule has 0 spiro atoms. The summed E-state index contributed by atoms with van der Waals surface area (Å²) in [5, 5.41) is 97.6. The zero-order chi connectivity index (χ0) is 79.9. The number of nitrogens with one attached hydrogen (secondary N) is 13. The number of benzene rings is 4. The maximum atomic E-state index is 15.1. The maximum absolute atomic E-state index is 15.1. The van der Waals surface area contributed by atoms with Gasteiger partial charge in [0.05, 0.1) is 19.6 Å². The molecule has 5 aromatic rings. The largest absolute Gasteiger partial charge is 0.508 e. The summed E-state index contributed by atoms with van der Waals surface area (Å²) in [5.74, 6) is -14.0. The Balaban J connectivity index is 1.27. The predicted molar refractivity (Wildman–Crippen MR) is 402 cm³/mol.